The van der Waals surface area contributed by atoms with Gasteiger partial charge in [0.1, 0.15) is 6.61 Å². The number of hydrogen-bond acceptors (Lipinski definition) is 3. The third kappa shape index (κ3) is 2.95. The molecule has 0 aliphatic heterocycles. The third-order valence-electron chi connectivity index (χ3n) is 1.83. The highest BCUT2D eigenvalue weighted by atomic mass is 16.5. The maximum atomic E-state index is 11.2. The van der Waals surface area contributed by atoms with Gasteiger partial charge in [-0.3, -0.25) is 9.78 Å². The number of nitrogens with zero attached hydrogens (tertiary/aromatic N) is 1. The summed E-state index contributed by atoms with van der Waals surface area (Å²) in [6.07, 6.45) is 3.89. The first kappa shape index (κ1) is 9.86. The van der Waals surface area contributed by atoms with E-state index < -0.39 is 0 Å². The quantitative estimate of drug-likeness (QED) is 0.696. The summed E-state index contributed by atoms with van der Waals surface area (Å²) < 4.78 is 4.75. The van der Waals surface area contributed by atoms with E-state index in [1.165, 1.54) is 7.11 Å². The summed E-state index contributed by atoms with van der Waals surface area (Å²) in [4.78, 5) is 15.2. The van der Waals surface area contributed by atoms with E-state index >= 15 is 0 Å². The number of aryl methyl sites for hydroxylation is 1. The van der Waals surface area contributed by atoms with E-state index in [0.717, 1.165) is 11.1 Å². The lowest BCUT2D eigenvalue weighted by atomic mass is 10.1. The van der Waals surface area contributed by atoms with Gasteiger partial charge in [0.15, 0.2) is 5.78 Å². The topological polar surface area (TPSA) is 39.2 Å². The summed E-state index contributed by atoms with van der Waals surface area (Å²) in [5.41, 5.74) is 2.07. The molecule has 70 valence electrons. The first-order valence-electron chi connectivity index (χ1n) is 4.14. The van der Waals surface area contributed by atoms with E-state index in [2.05, 4.69) is 4.98 Å². The summed E-state index contributed by atoms with van der Waals surface area (Å²) in [6, 6.07) is 1.86. The molecule has 0 fully saturated rings. The van der Waals surface area contributed by atoms with Crippen molar-refractivity contribution in [3.63, 3.8) is 0 Å². The fourth-order valence-corrected chi connectivity index (χ4v) is 1.12. The molecule has 0 aromatic carbocycles. The Balaban J connectivity index is 2.63. The molecule has 0 N–H and O–H groups in total. The van der Waals surface area contributed by atoms with Crippen molar-refractivity contribution in [3.05, 3.63) is 29.6 Å². The van der Waals surface area contributed by atoms with E-state index in [4.69, 9.17) is 4.74 Å². The van der Waals surface area contributed by atoms with Crippen LogP contribution in [0.25, 0.3) is 0 Å². The van der Waals surface area contributed by atoms with Gasteiger partial charge in [-0.15, -0.1) is 0 Å². The second-order valence-corrected chi connectivity index (χ2v) is 2.95. The minimum atomic E-state index is 0.0943. The maximum Gasteiger partial charge on any atom is 0.162 e. The van der Waals surface area contributed by atoms with E-state index in [1.54, 1.807) is 12.4 Å². The van der Waals surface area contributed by atoms with Crippen LogP contribution in [0.2, 0.25) is 0 Å². The van der Waals surface area contributed by atoms with Crippen LogP contribution in [0, 0.1) is 6.92 Å². The van der Waals surface area contributed by atoms with Gasteiger partial charge in [-0.2, -0.15) is 0 Å². The summed E-state index contributed by atoms with van der Waals surface area (Å²) >= 11 is 0. The molecule has 13 heavy (non-hydrogen) atoms. The molecule has 1 aromatic rings. The Bertz CT molecular complexity index is 297. The Morgan fingerprint density at radius 1 is 1.62 bits per heavy atom. The first-order valence-corrected chi connectivity index (χ1v) is 4.14. The largest absolute Gasteiger partial charge is 0.377 e. The SMILES string of the molecule is COCC(=O)Cc1ccncc1C. The predicted octanol–water partition coefficient (Wildman–Crippen LogP) is 1.15. The van der Waals surface area contributed by atoms with Crippen LogP contribution < -0.4 is 0 Å². The van der Waals surface area contributed by atoms with Crippen molar-refractivity contribution in [3.8, 4) is 0 Å². The number of ether oxygens (including phenoxy) is 1. The number of hydrogen-bond donors (Lipinski definition) is 0. The molecule has 0 saturated carbocycles. The lowest BCUT2D eigenvalue weighted by Crippen LogP contribution is -2.10. The van der Waals surface area contributed by atoms with Crippen LogP contribution in [-0.4, -0.2) is 24.5 Å². The Morgan fingerprint density at radius 3 is 3.00 bits per heavy atom. The summed E-state index contributed by atoms with van der Waals surface area (Å²) in [7, 11) is 1.53. The molecule has 3 nitrogen and oxygen atoms in total. The maximum absolute atomic E-state index is 11.2. The van der Waals surface area contributed by atoms with Crippen molar-refractivity contribution in [2.45, 2.75) is 13.3 Å². The molecular formula is C10H13NO2. The normalized spacial score (nSPS) is 10.0. The smallest absolute Gasteiger partial charge is 0.162 e. The minimum absolute atomic E-state index is 0.0943. The van der Waals surface area contributed by atoms with Crippen molar-refractivity contribution in [1.82, 2.24) is 4.98 Å². The molecule has 0 unspecified atom stereocenters. The molecule has 1 rings (SSSR count). The number of ketones is 1. The molecule has 0 aliphatic rings. The zero-order chi connectivity index (χ0) is 9.68. The van der Waals surface area contributed by atoms with Gasteiger partial charge in [-0.05, 0) is 24.1 Å². The van der Waals surface area contributed by atoms with Crippen LogP contribution in [0.15, 0.2) is 18.5 Å². The van der Waals surface area contributed by atoms with Gasteiger partial charge in [-0.1, -0.05) is 0 Å². The number of aromatic nitrogens is 1. The van der Waals surface area contributed by atoms with E-state index in [0.29, 0.717) is 6.42 Å². The zero-order valence-corrected chi connectivity index (χ0v) is 7.91. The van der Waals surface area contributed by atoms with Crippen molar-refractivity contribution in [2.75, 3.05) is 13.7 Å². The van der Waals surface area contributed by atoms with Crippen LogP contribution in [0.4, 0.5) is 0 Å². The number of carbonyl (C=O) groups excluding carboxylic acids is 1. The lowest BCUT2D eigenvalue weighted by molar-refractivity contribution is -0.121. The Hall–Kier alpha value is -1.22. The van der Waals surface area contributed by atoms with Gasteiger partial charge >= 0.3 is 0 Å². The Morgan fingerprint density at radius 2 is 2.38 bits per heavy atom. The summed E-state index contributed by atoms with van der Waals surface area (Å²) in [5, 5.41) is 0. The van der Waals surface area contributed by atoms with Crippen LogP contribution in [0.3, 0.4) is 0 Å². The molecule has 0 amide bonds. The van der Waals surface area contributed by atoms with Gasteiger partial charge < -0.3 is 4.74 Å². The molecule has 0 spiro atoms. The number of methoxy groups -OCH3 is 1. The van der Waals surface area contributed by atoms with Gasteiger partial charge in [-0.25, -0.2) is 0 Å². The summed E-state index contributed by atoms with van der Waals surface area (Å²) in [6.45, 7) is 2.13. The molecule has 3 heteroatoms. The zero-order valence-electron chi connectivity index (χ0n) is 7.91. The fourth-order valence-electron chi connectivity index (χ4n) is 1.12. The molecule has 0 atom stereocenters. The van der Waals surface area contributed by atoms with Crippen molar-refractivity contribution in [1.29, 1.82) is 0 Å². The highest BCUT2D eigenvalue weighted by molar-refractivity contribution is 5.82. The summed E-state index contributed by atoms with van der Waals surface area (Å²) in [5.74, 6) is 0.0943. The molecule has 1 heterocycles. The second kappa shape index (κ2) is 4.72. The fraction of sp³-hybridized carbons (Fsp3) is 0.400. The van der Waals surface area contributed by atoms with E-state index in [-0.39, 0.29) is 12.4 Å². The molecule has 0 aliphatic carbocycles. The van der Waals surface area contributed by atoms with Gasteiger partial charge in [0.05, 0.1) is 0 Å². The van der Waals surface area contributed by atoms with Gasteiger partial charge in [0.2, 0.25) is 0 Å². The molecule has 0 bridgehead atoms. The number of carbonyl (C=O) groups is 1. The lowest BCUT2D eigenvalue weighted by Gasteiger charge is -2.02. The molecular weight excluding hydrogens is 166 g/mol. The van der Waals surface area contributed by atoms with Crippen molar-refractivity contribution < 1.29 is 9.53 Å². The van der Waals surface area contributed by atoms with Gasteiger partial charge in [0.25, 0.3) is 0 Å². The predicted molar refractivity (Wildman–Crippen MR) is 49.6 cm³/mol. The standard InChI is InChI=1S/C10H13NO2/c1-8-6-11-4-3-9(8)5-10(12)7-13-2/h3-4,6H,5,7H2,1-2H3. The molecule has 1 aromatic heterocycles. The van der Waals surface area contributed by atoms with Crippen LogP contribution in [0.5, 0.6) is 0 Å². The highest BCUT2D eigenvalue weighted by Crippen LogP contribution is 2.05. The van der Waals surface area contributed by atoms with Crippen molar-refractivity contribution >= 4 is 5.78 Å². The second-order valence-electron chi connectivity index (χ2n) is 2.95. The average molecular weight is 179 g/mol. The monoisotopic (exact) mass is 179 g/mol. The van der Waals surface area contributed by atoms with Crippen LogP contribution >= 0.6 is 0 Å². The first-order chi connectivity index (χ1) is 6.24. The van der Waals surface area contributed by atoms with Crippen LogP contribution in [0.1, 0.15) is 11.1 Å². The van der Waals surface area contributed by atoms with E-state index in [1.807, 2.05) is 13.0 Å². The number of pyridine rings is 1. The number of rotatable bonds is 4. The Kier molecular flexibility index (Phi) is 3.58. The minimum Gasteiger partial charge on any atom is -0.377 e. The average Bonchev–Trinajstić information content (AvgIpc) is 2.09. The third-order valence-corrected chi connectivity index (χ3v) is 1.83. The number of Topliss-reactive ketones (excluding diaryl/α,β-unsaturated/α-hetero) is 1. The van der Waals surface area contributed by atoms with Crippen LogP contribution in [-0.2, 0) is 16.0 Å². The van der Waals surface area contributed by atoms with Gasteiger partial charge in [0, 0.05) is 25.9 Å². The Labute approximate surface area is 77.8 Å². The molecule has 0 radical (unpaired) electrons. The van der Waals surface area contributed by atoms with E-state index in [9.17, 15) is 4.79 Å². The molecule has 0 saturated heterocycles. The highest BCUT2D eigenvalue weighted by Gasteiger charge is 2.04. The van der Waals surface area contributed by atoms with Crippen molar-refractivity contribution in [2.24, 2.45) is 0 Å².